The molecule has 1 aromatic heterocycles. The van der Waals surface area contributed by atoms with Gasteiger partial charge in [-0.05, 0) is 54.6 Å². The van der Waals surface area contributed by atoms with E-state index < -0.39 is 0 Å². The minimum atomic E-state index is -0.208. The second-order valence-electron chi connectivity index (χ2n) is 6.66. The van der Waals surface area contributed by atoms with Gasteiger partial charge in [-0.15, -0.1) is 0 Å². The Morgan fingerprint density at radius 2 is 1.71 bits per heavy atom. The van der Waals surface area contributed by atoms with Crippen molar-refractivity contribution in [1.29, 1.82) is 0 Å². The van der Waals surface area contributed by atoms with E-state index in [-0.39, 0.29) is 5.91 Å². The molecule has 2 N–H and O–H groups in total. The Balaban J connectivity index is 1.44. The van der Waals surface area contributed by atoms with Gasteiger partial charge in [0.15, 0.2) is 0 Å². The maximum Gasteiger partial charge on any atom is 0.255 e. The summed E-state index contributed by atoms with van der Waals surface area (Å²) in [5.41, 5.74) is 3.69. The summed E-state index contributed by atoms with van der Waals surface area (Å²) in [6.45, 7) is 0. The van der Waals surface area contributed by atoms with E-state index in [0.717, 1.165) is 16.9 Å². The Labute approximate surface area is 184 Å². The van der Waals surface area contributed by atoms with Crippen LogP contribution in [0.2, 0.25) is 5.02 Å². The fourth-order valence-corrected chi connectivity index (χ4v) is 3.06. The lowest BCUT2D eigenvalue weighted by molar-refractivity contribution is 0.102. The summed E-state index contributed by atoms with van der Waals surface area (Å²) in [5.74, 6) is 0.931. The van der Waals surface area contributed by atoms with Crippen LogP contribution in [0.1, 0.15) is 10.4 Å². The van der Waals surface area contributed by atoms with Crippen LogP contribution in [0.3, 0.4) is 0 Å². The number of carbonyl (C=O) groups is 1. The highest BCUT2D eigenvalue weighted by molar-refractivity contribution is 6.30. The lowest BCUT2D eigenvalue weighted by Gasteiger charge is -2.09. The zero-order valence-corrected chi connectivity index (χ0v) is 17.4. The van der Waals surface area contributed by atoms with E-state index in [0.29, 0.717) is 28.0 Å². The van der Waals surface area contributed by atoms with Gasteiger partial charge in [0.1, 0.15) is 5.75 Å². The third-order valence-corrected chi connectivity index (χ3v) is 4.78. The van der Waals surface area contributed by atoms with Gasteiger partial charge in [-0.2, -0.15) is 0 Å². The number of aromatic nitrogens is 2. The van der Waals surface area contributed by atoms with Crippen LogP contribution in [0.15, 0.2) is 85.1 Å². The van der Waals surface area contributed by atoms with Gasteiger partial charge in [-0.1, -0.05) is 29.8 Å². The quantitative estimate of drug-likeness (QED) is 0.404. The molecule has 0 spiro atoms. The number of ether oxygens (including phenoxy) is 1. The highest BCUT2D eigenvalue weighted by atomic mass is 35.5. The van der Waals surface area contributed by atoms with Crippen molar-refractivity contribution in [3.63, 3.8) is 0 Å². The topological polar surface area (TPSA) is 76.1 Å². The Bertz CT molecular complexity index is 1190. The molecule has 1 heterocycles. The second kappa shape index (κ2) is 9.28. The summed E-state index contributed by atoms with van der Waals surface area (Å²) in [5, 5.41) is 6.69. The van der Waals surface area contributed by atoms with Gasteiger partial charge < -0.3 is 15.4 Å². The van der Waals surface area contributed by atoms with Gasteiger partial charge in [0.2, 0.25) is 5.95 Å². The molecular weight excluding hydrogens is 412 g/mol. The van der Waals surface area contributed by atoms with Crippen LogP contribution in [-0.2, 0) is 0 Å². The summed E-state index contributed by atoms with van der Waals surface area (Å²) >= 11 is 5.95. The zero-order valence-electron chi connectivity index (χ0n) is 16.7. The molecule has 7 heteroatoms. The SMILES string of the molecule is COc1cccc(NC(=O)c2ccc(Nc3nccc(-c4ccc(Cl)cc4)n3)cc2)c1. The van der Waals surface area contributed by atoms with Gasteiger partial charge in [0.25, 0.3) is 5.91 Å². The normalized spacial score (nSPS) is 10.4. The molecule has 4 aromatic rings. The molecule has 0 saturated heterocycles. The number of methoxy groups -OCH3 is 1. The third kappa shape index (κ3) is 5.18. The standard InChI is InChI=1S/C24H19ClN4O2/c1-31-21-4-2-3-20(15-21)27-23(30)17-7-11-19(12-8-17)28-24-26-14-13-22(29-24)16-5-9-18(25)10-6-16/h2-15H,1H3,(H,27,30)(H,26,28,29). The van der Waals surface area contributed by atoms with Crippen LogP contribution < -0.4 is 15.4 Å². The first-order chi connectivity index (χ1) is 15.1. The molecule has 0 aliphatic rings. The van der Waals surface area contributed by atoms with Gasteiger partial charge in [-0.3, -0.25) is 4.79 Å². The molecule has 0 fully saturated rings. The number of hydrogen-bond acceptors (Lipinski definition) is 5. The van der Waals surface area contributed by atoms with Crippen molar-refractivity contribution in [2.24, 2.45) is 0 Å². The van der Waals surface area contributed by atoms with Crippen molar-refractivity contribution in [2.75, 3.05) is 17.7 Å². The number of halogens is 1. The Kier molecular flexibility index (Phi) is 6.10. The highest BCUT2D eigenvalue weighted by Gasteiger charge is 2.08. The smallest absolute Gasteiger partial charge is 0.255 e. The van der Waals surface area contributed by atoms with Crippen molar-refractivity contribution in [1.82, 2.24) is 9.97 Å². The summed E-state index contributed by atoms with van der Waals surface area (Å²) in [6.07, 6.45) is 1.69. The van der Waals surface area contributed by atoms with Crippen LogP contribution in [0.5, 0.6) is 5.75 Å². The fraction of sp³-hybridized carbons (Fsp3) is 0.0417. The van der Waals surface area contributed by atoms with E-state index in [1.165, 1.54) is 0 Å². The van der Waals surface area contributed by atoms with Crippen molar-refractivity contribution in [3.05, 3.63) is 95.6 Å². The first-order valence-corrected chi connectivity index (χ1v) is 9.90. The minimum absolute atomic E-state index is 0.208. The number of amides is 1. The molecule has 4 rings (SSSR count). The first-order valence-electron chi connectivity index (χ1n) is 9.52. The maximum atomic E-state index is 12.5. The summed E-state index contributed by atoms with van der Waals surface area (Å²) in [7, 11) is 1.58. The lowest BCUT2D eigenvalue weighted by Crippen LogP contribution is -2.11. The molecule has 31 heavy (non-hydrogen) atoms. The average Bonchev–Trinajstić information content (AvgIpc) is 2.80. The lowest BCUT2D eigenvalue weighted by atomic mass is 10.1. The number of carbonyl (C=O) groups excluding carboxylic acids is 1. The van der Waals surface area contributed by atoms with E-state index in [9.17, 15) is 4.79 Å². The minimum Gasteiger partial charge on any atom is -0.497 e. The van der Waals surface area contributed by atoms with Gasteiger partial charge >= 0.3 is 0 Å². The molecule has 3 aromatic carbocycles. The van der Waals surface area contributed by atoms with Gasteiger partial charge in [-0.25, -0.2) is 9.97 Å². The van der Waals surface area contributed by atoms with Crippen molar-refractivity contribution < 1.29 is 9.53 Å². The molecule has 0 radical (unpaired) electrons. The van der Waals surface area contributed by atoms with E-state index in [1.54, 1.807) is 49.7 Å². The molecule has 0 unspecified atom stereocenters. The molecule has 0 aliphatic heterocycles. The highest BCUT2D eigenvalue weighted by Crippen LogP contribution is 2.22. The van der Waals surface area contributed by atoms with Crippen LogP contribution in [0.4, 0.5) is 17.3 Å². The predicted octanol–water partition coefficient (Wildman–Crippen LogP) is 5.80. The molecule has 0 saturated carbocycles. The van der Waals surface area contributed by atoms with Crippen molar-refractivity contribution in [2.45, 2.75) is 0 Å². The number of anilines is 3. The molecule has 1 amide bonds. The van der Waals surface area contributed by atoms with Crippen molar-refractivity contribution >= 4 is 34.8 Å². The van der Waals surface area contributed by atoms with E-state index in [4.69, 9.17) is 16.3 Å². The first kappa shape index (κ1) is 20.4. The Hall–Kier alpha value is -3.90. The van der Waals surface area contributed by atoms with E-state index >= 15 is 0 Å². The summed E-state index contributed by atoms with van der Waals surface area (Å²) < 4.78 is 5.18. The number of rotatable bonds is 6. The second-order valence-corrected chi connectivity index (χ2v) is 7.10. The summed E-state index contributed by atoms with van der Waals surface area (Å²) in [6, 6.07) is 23.6. The fourth-order valence-electron chi connectivity index (χ4n) is 2.94. The van der Waals surface area contributed by atoms with Crippen LogP contribution >= 0.6 is 11.6 Å². The molecule has 0 atom stereocenters. The molecule has 0 bridgehead atoms. The zero-order chi connectivity index (χ0) is 21.6. The molecule has 0 aliphatic carbocycles. The largest absolute Gasteiger partial charge is 0.497 e. The average molecular weight is 431 g/mol. The molecular formula is C24H19ClN4O2. The van der Waals surface area contributed by atoms with Crippen LogP contribution in [-0.4, -0.2) is 23.0 Å². The van der Waals surface area contributed by atoms with Crippen molar-refractivity contribution in [3.8, 4) is 17.0 Å². The number of benzene rings is 3. The molecule has 6 nitrogen and oxygen atoms in total. The van der Waals surface area contributed by atoms with E-state index in [2.05, 4.69) is 20.6 Å². The maximum absolute atomic E-state index is 12.5. The third-order valence-electron chi connectivity index (χ3n) is 4.53. The summed E-state index contributed by atoms with van der Waals surface area (Å²) in [4.78, 5) is 21.3. The number of nitrogens with zero attached hydrogens (tertiary/aromatic N) is 2. The Morgan fingerprint density at radius 3 is 2.45 bits per heavy atom. The van der Waals surface area contributed by atoms with Crippen LogP contribution in [0, 0.1) is 0 Å². The molecule has 154 valence electrons. The van der Waals surface area contributed by atoms with Gasteiger partial charge in [0.05, 0.1) is 12.8 Å². The van der Waals surface area contributed by atoms with Crippen LogP contribution in [0.25, 0.3) is 11.3 Å². The van der Waals surface area contributed by atoms with Gasteiger partial charge in [0, 0.05) is 39.8 Å². The Morgan fingerprint density at radius 1 is 0.935 bits per heavy atom. The van der Waals surface area contributed by atoms with E-state index in [1.807, 2.05) is 42.5 Å². The predicted molar refractivity (Wildman–Crippen MR) is 123 cm³/mol. The number of nitrogens with one attached hydrogen (secondary N) is 2. The monoisotopic (exact) mass is 430 g/mol. The number of hydrogen-bond donors (Lipinski definition) is 2.